The molecule has 1 fully saturated rings. The van der Waals surface area contributed by atoms with E-state index in [9.17, 15) is 27.6 Å². The second-order valence-electron chi connectivity index (χ2n) is 7.46. The number of nitrogens with one attached hydrogen (secondary N) is 1. The molecule has 1 aliphatic rings. The zero-order valence-electron chi connectivity index (χ0n) is 18.5. The second kappa shape index (κ2) is 13.0. The minimum atomic E-state index is -5.27. The number of aromatic nitrogens is 1. The van der Waals surface area contributed by atoms with Gasteiger partial charge in [-0.05, 0) is 24.6 Å². The summed E-state index contributed by atoms with van der Waals surface area (Å²) < 4.78 is 46.5. The van der Waals surface area contributed by atoms with E-state index < -0.39 is 18.1 Å². The van der Waals surface area contributed by atoms with Gasteiger partial charge in [-0.15, -0.1) is 11.3 Å². The number of hydrogen-bond donors (Lipinski definition) is 1. The van der Waals surface area contributed by atoms with Gasteiger partial charge < -0.3 is 19.7 Å². The lowest BCUT2D eigenvalue weighted by atomic mass is 10.2. The molecule has 36 heavy (non-hydrogen) atoms. The summed E-state index contributed by atoms with van der Waals surface area (Å²) in [6, 6.07) is 4.95. The Kier molecular flexibility index (Phi) is 10.3. The van der Waals surface area contributed by atoms with E-state index in [1.54, 1.807) is 23.1 Å². The standard InChI is InChI=1S/C21H20Cl2F3N3O5S2/c22-12-7-13(23)9-15(8-12)33-5-3-27-10-14-1-2-17(30)29(14)4-6-35-20-28-16(11-36-20)18(31)34-19(32)21(24,25)26/h7-9,11,14,27H,1-6,10H2/t14-/m1/s1. The number of benzene rings is 1. The highest BCUT2D eigenvalue weighted by molar-refractivity contribution is 8.01. The van der Waals surface area contributed by atoms with Crippen LogP contribution < -0.4 is 10.1 Å². The number of esters is 2. The van der Waals surface area contributed by atoms with Crippen molar-refractivity contribution in [2.24, 2.45) is 0 Å². The number of thioether (sulfide) groups is 1. The molecular formula is C21H20Cl2F3N3O5S2. The van der Waals surface area contributed by atoms with Gasteiger partial charge >= 0.3 is 18.1 Å². The van der Waals surface area contributed by atoms with Crippen LogP contribution in [-0.2, 0) is 14.3 Å². The number of thiazole rings is 1. The first kappa shape index (κ1) is 28.5. The maximum Gasteiger partial charge on any atom is 0.491 e. The van der Waals surface area contributed by atoms with Crippen molar-refractivity contribution in [3.8, 4) is 5.75 Å². The molecule has 0 aliphatic carbocycles. The molecule has 1 aliphatic heterocycles. The molecule has 1 aromatic heterocycles. The number of halogens is 5. The number of nitrogens with zero attached hydrogens (tertiary/aromatic N) is 2. The number of ether oxygens (including phenoxy) is 2. The van der Waals surface area contributed by atoms with E-state index in [2.05, 4.69) is 15.0 Å². The van der Waals surface area contributed by atoms with Crippen molar-refractivity contribution in [1.29, 1.82) is 0 Å². The van der Waals surface area contributed by atoms with Gasteiger partial charge in [0.1, 0.15) is 12.4 Å². The van der Waals surface area contributed by atoms with Crippen LogP contribution >= 0.6 is 46.3 Å². The van der Waals surface area contributed by atoms with Crippen molar-refractivity contribution in [3.05, 3.63) is 39.3 Å². The van der Waals surface area contributed by atoms with Crippen molar-refractivity contribution in [3.63, 3.8) is 0 Å². The first-order chi connectivity index (χ1) is 17.0. The number of amides is 1. The normalized spacial score (nSPS) is 15.9. The van der Waals surface area contributed by atoms with Crippen LogP contribution in [0.3, 0.4) is 0 Å². The molecule has 3 rings (SSSR count). The van der Waals surface area contributed by atoms with E-state index >= 15 is 0 Å². The summed E-state index contributed by atoms with van der Waals surface area (Å²) in [5.74, 6) is -3.01. The predicted molar refractivity (Wildman–Crippen MR) is 129 cm³/mol. The smallest absolute Gasteiger partial charge is 0.491 e. The molecule has 1 saturated heterocycles. The first-order valence-electron chi connectivity index (χ1n) is 10.5. The SMILES string of the molecule is O=C(OC(=O)C(F)(F)F)c1csc(SCCN2C(=O)CC[C@@H]2CNCCOc2cc(Cl)cc(Cl)c2)n1. The summed E-state index contributed by atoms with van der Waals surface area (Å²) in [4.78, 5) is 40.4. The molecular weight excluding hydrogens is 566 g/mol. The molecule has 1 amide bonds. The van der Waals surface area contributed by atoms with E-state index in [1.165, 1.54) is 17.1 Å². The highest BCUT2D eigenvalue weighted by Gasteiger charge is 2.42. The maximum absolute atomic E-state index is 12.3. The van der Waals surface area contributed by atoms with Crippen LogP contribution in [0.5, 0.6) is 5.75 Å². The summed E-state index contributed by atoms with van der Waals surface area (Å²) in [6.07, 6.45) is -4.12. The number of hydrogen-bond acceptors (Lipinski definition) is 9. The summed E-state index contributed by atoms with van der Waals surface area (Å²) in [6.45, 7) is 1.94. The van der Waals surface area contributed by atoms with E-state index in [1.807, 2.05) is 0 Å². The number of alkyl halides is 3. The Morgan fingerprint density at radius 3 is 2.67 bits per heavy atom. The third-order valence-electron chi connectivity index (χ3n) is 4.88. The molecule has 0 saturated carbocycles. The fraction of sp³-hybridized carbons (Fsp3) is 0.429. The molecule has 1 N–H and O–H groups in total. The molecule has 2 heterocycles. The summed E-state index contributed by atoms with van der Waals surface area (Å²) >= 11 is 14.2. The summed E-state index contributed by atoms with van der Waals surface area (Å²) in [5.41, 5.74) is -0.387. The molecule has 0 bridgehead atoms. The average molecular weight is 586 g/mol. The van der Waals surface area contributed by atoms with Crippen molar-refractivity contribution < 1.29 is 37.0 Å². The maximum atomic E-state index is 12.3. The molecule has 15 heteroatoms. The summed E-state index contributed by atoms with van der Waals surface area (Å²) in [5, 5.41) is 5.44. The Morgan fingerprint density at radius 1 is 1.25 bits per heavy atom. The second-order valence-corrected chi connectivity index (χ2v) is 10.5. The van der Waals surface area contributed by atoms with Crippen LogP contribution in [0.1, 0.15) is 23.3 Å². The predicted octanol–water partition coefficient (Wildman–Crippen LogP) is 4.45. The van der Waals surface area contributed by atoms with Crippen LogP contribution in [0.4, 0.5) is 13.2 Å². The number of rotatable bonds is 11. The van der Waals surface area contributed by atoms with Crippen LogP contribution in [0.15, 0.2) is 27.9 Å². The fourth-order valence-electron chi connectivity index (χ4n) is 3.28. The van der Waals surface area contributed by atoms with Crippen LogP contribution in [0.2, 0.25) is 10.0 Å². The average Bonchev–Trinajstić information content (AvgIpc) is 3.40. The third-order valence-corrected chi connectivity index (χ3v) is 7.32. The van der Waals surface area contributed by atoms with Gasteiger partial charge in [-0.2, -0.15) is 13.2 Å². The van der Waals surface area contributed by atoms with Gasteiger partial charge in [-0.1, -0.05) is 35.0 Å². The Hall–Kier alpha value is -2.06. The van der Waals surface area contributed by atoms with E-state index in [-0.39, 0.29) is 17.6 Å². The van der Waals surface area contributed by atoms with E-state index in [0.29, 0.717) is 65.0 Å². The molecule has 8 nitrogen and oxygen atoms in total. The van der Waals surface area contributed by atoms with Crippen molar-refractivity contribution in [2.75, 3.05) is 32.0 Å². The molecule has 1 atom stereocenters. The molecule has 0 spiro atoms. The van der Waals surface area contributed by atoms with Crippen LogP contribution in [0, 0.1) is 0 Å². The van der Waals surface area contributed by atoms with Gasteiger partial charge in [0.2, 0.25) is 5.91 Å². The van der Waals surface area contributed by atoms with Gasteiger partial charge in [0.05, 0.1) is 0 Å². The minimum absolute atomic E-state index is 0.00827. The lowest BCUT2D eigenvalue weighted by molar-refractivity contribution is -0.193. The van der Waals surface area contributed by atoms with Gasteiger partial charge in [-0.25, -0.2) is 14.6 Å². The quantitative estimate of drug-likeness (QED) is 0.179. The van der Waals surface area contributed by atoms with Crippen LogP contribution in [0.25, 0.3) is 0 Å². The number of carbonyl (C=O) groups is 3. The molecule has 1 aromatic carbocycles. The summed E-state index contributed by atoms with van der Waals surface area (Å²) in [7, 11) is 0. The van der Waals surface area contributed by atoms with Crippen molar-refractivity contribution in [1.82, 2.24) is 15.2 Å². The Bertz CT molecular complexity index is 1080. The van der Waals surface area contributed by atoms with Gasteiger partial charge in [0.25, 0.3) is 0 Å². The van der Waals surface area contributed by atoms with Gasteiger partial charge in [0, 0.05) is 53.3 Å². The highest BCUT2D eigenvalue weighted by atomic mass is 35.5. The lowest BCUT2D eigenvalue weighted by Gasteiger charge is -2.25. The van der Waals surface area contributed by atoms with E-state index in [0.717, 1.165) is 11.3 Å². The van der Waals surface area contributed by atoms with Gasteiger partial charge in [0.15, 0.2) is 10.0 Å². The third kappa shape index (κ3) is 8.51. The zero-order valence-corrected chi connectivity index (χ0v) is 21.6. The number of carbonyl (C=O) groups excluding carboxylic acids is 3. The first-order valence-corrected chi connectivity index (χ1v) is 13.2. The Balaban J connectivity index is 1.38. The lowest BCUT2D eigenvalue weighted by Crippen LogP contribution is -2.42. The molecule has 0 unspecified atom stereocenters. The Morgan fingerprint density at radius 2 is 1.97 bits per heavy atom. The monoisotopic (exact) mass is 585 g/mol. The van der Waals surface area contributed by atoms with Crippen molar-refractivity contribution in [2.45, 2.75) is 29.4 Å². The molecule has 196 valence electrons. The molecule has 0 radical (unpaired) electrons. The minimum Gasteiger partial charge on any atom is -0.492 e. The largest absolute Gasteiger partial charge is 0.492 e. The Labute approximate surface area is 222 Å². The van der Waals surface area contributed by atoms with Crippen molar-refractivity contribution >= 4 is 64.1 Å². The van der Waals surface area contributed by atoms with E-state index in [4.69, 9.17) is 27.9 Å². The topological polar surface area (TPSA) is 97.8 Å². The van der Waals surface area contributed by atoms with Gasteiger partial charge in [-0.3, -0.25) is 4.79 Å². The van der Waals surface area contributed by atoms with Crippen LogP contribution in [-0.4, -0.2) is 71.9 Å². The fourth-order valence-corrected chi connectivity index (χ4v) is 5.59. The molecule has 2 aromatic rings. The number of likely N-dealkylation sites (tertiary alicyclic amines) is 1. The zero-order chi connectivity index (χ0) is 26.3. The highest BCUT2D eigenvalue weighted by Crippen LogP contribution is 2.26.